The van der Waals surface area contributed by atoms with Gasteiger partial charge in [0.1, 0.15) is 11.6 Å². The Hall–Kier alpha value is -1.60. The van der Waals surface area contributed by atoms with Crippen LogP contribution in [0.4, 0.5) is 17.6 Å². The summed E-state index contributed by atoms with van der Waals surface area (Å²) in [5.41, 5.74) is 8.01. The van der Waals surface area contributed by atoms with Crippen molar-refractivity contribution in [1.29, 1.82) is 0 Å². The Morgan fingerprint density at radius 3 is 2.71 bits per heavy atom. The van der Waals surface area contributed by atoms with Gasteiger partial charge in [0.15, 0.2) is 0 Å². The second-order valence-corrected chi connectivity index (χ2v) is 3.73. The monoisotopic (exact) mass is 240 g/mol. The summed E-state index contributed by atoms with van der Waals surface area (Å²) < 4.78 is 5.14. The first kappa shape index (κ1) is 13.5. The number of aromatic nitrogens is 2. The normalized spacial score (nSPS) is 12.2. The molecule has 1 unspecified atom stereocenters. The van der Waals surface area contributed by atoms with E-state index < -0.39 is 0 Å². The number of nitrogens with two attached hydrogens (primary N) is 2. The summed E-state index contributed by atoms with van der Waals surface area (Å²) in [6.07, 6.45) is 2.05. The first-order valence-electron chi connectivity index (χ1n) is 5.56. The Bertz CT molecular complexity index is 340. The van der Waals surface area contributed by atoms with Crippen molar-refractivity contribution < 1.29 is 4.74 Å². The molecule has 6 N–H and O–H groups in total. The minimum absolute atomic E-state index is 0.176. The maximum atomic E-state index is 5.57. The molecule has 1 atom stereocenters. The standard InChI is InChI=1S/C10H20N6O/c1-3-4-7(6-17-2)13-8-5-9(16-12)15-10(11)14-8/h5,7H,3-4,6,12H2,1-2H3,(H4,11,13,14,15,16). The Morgan fingerprint density at radius 1 is 1.41 bits per heavy atom. The van der Waals surface area contributed by atoms with Gasteiger partial charge in [0.2, 0.25) is 5.95 Å². The summed E-state index contributed by atoms with van der Waals surface area (Å²) in [4.78, 5) is 8.00. The predicted molar refractivity (Wildman–Crippen MR) is 68.4 cm³/mol. The number of ether oxygens (including phenoxy) is 1. The van der Waals surface area contributed by atoms with E-state index >= 15 is 0 Å². The molecular weight excluding hydrogens is 220 g/mol. The molecule has 0 spiro atoms. The van der Waals surface area contributed by atoms with Gasteiger partial charge in [-0.15, -0.1) is 0 Å². The minimum Gasteiger partial charge on any atom is -0.383 e. The summed E-state index contributed by atoms with van der Waals surface area (Å²) >= 11 is 0. The summed E-state index contributed by atoms with van der Waals surface area (Å²) in [7, 11) is 1.67. The molecule has 17 heavy (non-hydrogen) atoms. The molecule has 0 fully saturated rings. The van der Waals surface area contributed by atoms with Crippen molar-refractivity contribution in [3.05, 3.63) is 6.07 Å². The lowest BCUT2D eigenvalue weighted by molar-refractivity contribution is 0.182. The van der Waals surface area contributed by atoms with Crippen LogP contribution in [0.2, 0.25) is 0 Å². The van der Waals surface area contributed by atoms with E-state index in [4.69, 9.17) is 16.3 Å². The second-order valence-electron chi connectivity index (χ2n) is 3.73. The predicted octanol–water partition coefficient (Wildman–Crippen LogP) is 0.571. The maximum absolute atomic E-state index is 5.57. The molecule has 0 aliphatic carbocycles. The van der Waals surface area contributed by atoms with Gasteiger partial charge >= 0.3 is 0 Å². The highest BCUT2D eigenvalue weighted by atomic mass is 16.5. The fourth-order valence-electron chi connectivity index (χ4n) is 1.57. The van der Waals surface area contributed by atoms with Crippen LogP contribution in [-0.2, 0) is 4.74 Å². The summed E-state index contributed by atoms with van der Waals surface area (Å²) in [5, 5.41) is 3.24. The molecule has 1 aromatic heterocycles. The van der Waals surface area contributed by atoms with E-state index in [1.807, 2.05) is 0 Å². The SMILES string of the molecule is CCCC(COC)Nc1cc(NN)nc(N)n1. The molecule has 7 heteroatoms. The van der Waals surface area contributed by atoms with E-state index in [2.05, 4.69) is 27.6 Å². The number of hydrazine groups is 1. The van der Waals surface area contributed by atoms with Gasteiger partial charge in [0.25, 0.3) is 0 Å². The van der Waals surface area contributed by atoms with Crippen molar-refractivity contribution in [3.8, 4) is 0 Å². The highest BCUT2D eigenvalue weighted by Gasteiger charge is 2.09. The van der Waals surface area contributed by atoms with Crippen molar-refractivity contribution in [2.24, 2.45) is 5.84 Å². The first-order valence-corrected chi connectivity index (χ1v) is 5.56. The van der Waals surface area contributed by atoms with E-state index in [0.29, 0.717) is 18.2 Å². The van der Waals surface area contributed by atoms with Gasteiger partial charge in [0, 0.05) is 13.2 Å². The summed E-state index contributed by atoms with van der Waals surface area (Å²) in [6, 6.07) is 1.90. The third-order valence-corrected chi connectivity index (χ3v) is 2.25. The van der Waals surface area contributed by atoms with Crippen LogP contribution in [-0.4, -0.2) is 29.7 Å². The van der Waals surface area contributed by atoms with Crippen LogP contribution < -0.4 is 22.3 Å². The van der Waals surface area contributed by atoms with E-state index in [9.17, 15) is 0 Å². The van der Waals surface area contributed by atoms with Crippen LogP contribution in [0.15, 0.2) is 6.07 Å². The average molecular weight is 240 g/mol. The molecule has 1 rings (SSSR count). The molecule has 0 radical (unpaired) electrons. The van der Waals surface area contributed by atoms with E-state index in [-0.39, 0.29) is 12.0 Å². The molecule has 0 aliphatic rings. The Balaban J connectivity index is 2.73. The van der Waals surface area contributed by atoms with Gasteiger partial charge in [-0.05, 0) is 6.42 Å². The largest absolute Gasteiger partial charge is 0.383 e. The Labute approximate surface area is 101 Å². The number of rotatable bonds is 7. The number of nitrogens with zero attached hydrogens (tertiary/aromatic N) is 2. The fraction of sp³-hybridized carbons (Fsp3) is 0.600. The second kappa shape index (κ2) is 6.87. The molecule has 0 saturated carbocycles. The quantitative estimate of drug-likeness (QED) is 0.407. The fourth-order valence-corrected chi connectivity index (χ4v) is 1.57. The number of hydrogen-bond acceptors (Lipinski definition) is 7. The van der Waals surface area contributed by atoms with Crippen molar-refractivity contribution in [2.45, 2.75) is 25.8 Å². The lowest BCUT2D eigenvalue weighted by Crippen LogP contribution is -2.25. The van der Waals surface area contributed by atoms with E-state index in [0.717, 1.165) is 12.8 Å². The highest BCUT2D eigenvalue weighted by Crippen LogP contribution is 2.14. The molecule has 7 nitrogen and oxygen atoms in total. The zero-order valence-corrected chi connectivity index (χ0v) is 10.2. The Kier molecular flexibility index (Phi) is 5.44. The summed E-state index contributed by atoms with van der Waals surface area (Å²) in [5.74, 6) is 6.58. The van der Waals surface area contributed by atoms with Gasteiger partial charge in [0.05, 0.1) is 12.6 Å². The number of hydrogen-bond donors (Lipinski definition) is 4. The van der Waals surface area contributed by atoms with Crippen LogP contribution in [0.3, 0.4) is 0 Å². The van der Waals surface area contributed by atoms with Crippen LogP contribution in [0.25, 0.3) is 0 Å². The smallest absolute Gasteiger partial charge is 0.223 e. The van der Waals surface area contributed by atoms with Crippen molar-refractivity contribution >= 4 is 17.6 Å². The first-order chi connectivity index (χ1) is 8.19. The van der Waals surface area contributed by atoms with Gasteiger partial charge in [-0.1, -0.05) is 13.3 Å². The molecule has 0 bridgehead atoms. The lowest BCUT2D eigenvalue weighted by Gasteiger charge is -2.18. The third kappa shape index (κ3) is 4.41. The van der Waals surface area contributed by atoms with Crippen LogP contribution in [0.1, 0.15) is 19.8 Å². The molecule has 0 aromatic carbocycles. The number of nitrogen functional groups attached to an aromatic ring is 2. The number of methoxy groups -OCH3 is 1. The Morgan fingerprint density at radius 2 is 2.12 bits per heavy atom. The lowest BCUT2D eigenvalue weighted by atomic mass is 10.2. The molecular formula is C10H20N6O. The summed E-state index contributed by atoms with van der Waals surface area (Å²) in [6.45, 7) is 2.73. The van der Waals surface area contributed by atoms with E-state index in [1.165, 1.54) is 0 Å². The molecule has 0 aliphatic heterocycles. The minimum atomic E-state index is 0.176. The van der Waals surface area contributed by atoms with Crippen LogP contribution in [0, 0.1) is 0 Å². The van der Waals surface area contributed by atoms with Crippen LogP contribution in [0.5, 0.6) is 0 Å². The van der Waals surface area contributed by atoms with Crippen molar-refractivity contribution in [2.75, 3.05) is 30.2 Å². The average Bonchev–Trinajstić information content (AvgIpc) is 2.29. The molecule has 1 aromatic rings. The molecule has 1 heterocycles. The van der Waals surface area contributed by atoms with Crippen LogP contribution >= 0.6 is 0 Å². The van der Waals surface area contributed by atoms with Gasteiger partial charge in [-0.25, -0.2) is 5.84 Å². The topological polar surface area (TPSA) is 111 Å². The molecule has 0 amide bonds. The molecule has 0 saturated heterocycles. The van der Waals surface area contributed by atoms with Crippen molar-refractivity contribution in [3.63, 3.8) is 0 Å². The number of nitrogens with one attached hydrogen (secondary N) is 2. The van der Waals surface area contributed by atoms with E-state index in [1.54, 1.807) is 13.2 Å². The van der Waals surface area contributed by atoms with Crippen molar-refractivity contribution in [1.82, 2.24) is 9.97 Å². The van der Waals surface area contributed by atoms with Gasteiger partial charge < -0.3 is 21.2 Å². The maximum Gasteiger partial charge on any atom is 0.223 e. The number of anilines is 3. The zero-order valence-electron chi connectivity index (χ0n) is 10.2. The third-order valence-electron chi connectivity index (χ3n) is 2.25. The van der Waals surface area contributed by atoms with Gasteiger partial charge in [-0.3, -0.25) is 0 Å². The zero-order chi connectivity index (χ0) is 12.7. The molecule has 96 valence electrons. The van der Waals surface area contributed by atoms with Gasteiger partial charge in [-0.2, -0.15) is 9.97 Å². The highest BCUT2D eigenvalue weighted by molar-refractivity contribution is 5.50.